The average molecular weight is 248 g/mol. The Morgan fingerprint density at radius 1 is 1.50 bits per heavy atom. The van der Waals surface area contributed by atoms with Crippen LogP contribution in [0.25, 0.3) is 0 Å². The molecule has 1 aliphatic heterocycles. The highest BCUT2D eigenvalue weighted by molar-refractivity contribution is 5.90. The molecule has 0 unspecified atom stereocenters. The van der Waals surface area contributed by atoms with E-state index in [1.54, 1.807) is 0 Å². The third-order valence-corrected chi connectivity index (χ3v) is 5.03. The summed E-state index contributed by atoms with van der Waals surface area (Å²) in [7, 11) is 0. The summed E-state index contributed by atoms with van der Waals surface area (Å²) >= 11 is 0. The van der Waals surface area contributed by atoms with Gasteiger partial charge in [0.1, 0.15) is 6.10 Å². The summed E-state index contributed by atoms with van der Waals surface area (Å²) in [5.74, 6) is -0.00263. The molecule has 2 fully saturated rings. The highest BCUT2D eigenvalue weighted by Crippen LogP contribution is 2.50. The Bertz CT molecular complexity index is 458. The molecule has 98 valence electrons. The molecule has 0 aromatic heterocycles. The number of fused-ring (bicyclic) bond motifs is 2. The molecule has 0 amide bonds. The van der Waals surface area contributed by atoms with Crippen LogP contribution >= 0.6 is 0 Å². The Labute approximate surface area is 108 Å². The first kappa shape index (κ1) is 12.0. The number of esters is 1. The fraction of sp³-hybridized carbons (Fsp3) is 0.667. The zero-order valence-electron chi connectivity index (χ0n) is 11.0. The van der Waals surface area contributed by atoms with E-state index in [2.05, 4.69) is 13.5 Å². The molecule has 2 aliphatic carbocycles. The number of hydrogen-bond acceptors (Lipinski definition) is 3. The van der Waals surface area contributed by atoms with Crippen LogP contribution in [0.4, 0.5) is 0 Å². The second kappa shape index (κ2) is 3.70. The van der Waals surface area contributed by atoms with Gasteiger partial charge in [0.25, 0.3) is 0 Å². The van der Waals surface area contributed by atoms with Crippen molar-refractivity contribution < 1.29 is 14.6 Å². The Balaban J connectivity index is 1.99. The van der Waals surface area contributed by atoms with Crippen molar-refractivity contribution in [2.24, 2.45) is 11.8 Å². The van der Waals surface area contributed by atoms with Crippen LogP contribution in [0, 0.1) is 11.8 Å². The molecule has 4 atom stereocenters. The molecule has 3 heteroatoms. The third-order valence-electron chi connectivity index (χ3n) is 5.03. The summed E-state index contributed by atoms with van der Waals surface area (Å²) in [5, 5.41) is 10.5. The Hall–Kier alpha value is -1.09. The highest BCUT2D eigenvalue weighted by atomic mass is 16.6. The van der Waals surface area contributed by atoms with Gasteiger partial charge < -0.3 is 9.84 Å². The van der Waals surface area contributed by atoms with Gasteiger partial charge >= 0.3 is 5.97 Å². The smallest absolute Gasteiger partial charge is 0.334 e. The van der Waals surface area contributed by atoms with Gasteiger partial charge in [0.2, 0.25) is 0 Å². The maximum Gasteiger partial charge on any atom is 0.334 e. The SMILES string of the molecule is C=C1C(=O)O[C@@H]2CC(C)=C3CC[C@@](C)(O)[C@@H]3C[C@H]12. The minimum atomic E-state index is -0.641. The number of ether oxygens (including phenoxy) is 1. The molecule has 0 radical (unpaired) electrons. The van der Waals surface area contributed by atoms with E-state index in [9.17, 15) is 9.90 Å². The monoisotopic (exact) mass is 248 g/mol. The number of aliphatic hydroxyl groups is 1. The van der Waals surface area contributed by atoms with E-state index in [1.165, 1.54) is 11.1 Å². The fourth-order valence-electron chi connectivity index (χ4n) is 3.85. The zero-order chi connectivity index (χ0) is 13.1. The summed E-state index contributed by atoms with van der Waals surface area (Å²) in [5.41, 5.74) is 2.64. The van der Waals surface area contributed by atoms with Gasteiger partial charge in [0.15, 0.2) is 0 Å². The molecule has 18 heavy (non-hydrogen) atoms. The van der Waals surface area contributed by atoms with Crippen LogP contribution in [0.5, 0.6) is 0 Å². The molecule has 1 heterocycles. The van der Waals surface area contributed by atoms with Gasteiger partial charge in [0.05, 0.1) is 5.60 Å². The van der Waals surface area contributed by atoms with Crippen LogP contribution in [0.3, 0.4) is 0 Å². The first-order chi connectivity index (χ1) is 8.40. The Kier molecular flexibility index (Phi) is 2.46. The van der Waals surface area contributed by atoms with Crippen LogP contribution in [0.1, 0.15) is 39.5 Å². The Morgan fingerprint density at radius 2 is 2.22 bits per heavy atom. The zero-order valence-corrected chi connectivity index (χ0v) is 11.0. The molecular weight excluding hydrogens is 228 g/mol. The van der Waals surface area contributed by atoms with Gasteiger partial charge in [0, 0.05) is 23.8 Å². The standard InChI is InChI=1S/C15H20O3/c1-8-6-13-11(9(2)14(16)18-13)7-12-10(8)4-5-15(12,3)17/h11-13,17H,2,4-7H2,1,3H3/t11-,12-,13-,15-/m1/s1. The molecule has 3 aliphatic rings. The van der Waals surface area contributed by atoms with Crippen LogP contribution in [0.15, 0.2) is 23.3 Å². The summed E-state index contributed by atoms with van der Waals surface area (Å²) in [4.78, 5) is 11.6. The molecule has 0 spiro atoms. The number of carbonyl (C=O) groups excluding carboxylic acids is 1. The molecule has 1 saturated heterocycles. The van der Waals surface area contributed by atoms with Gasteiger partial charge in [-0.25, -0.2) is 4.79 Å². The van der Waals surface area contributed by atoms with Crippen molar-refractivity contribution in [2.45, 2.75) is 51.2 Å². The minimum Gasteiger partial charge on any atom is -0.458 e. The van der Waals surface area contributed by atoms with E-state index < -0.39 is 5.60 Å². The van der Waals surface area contributed by atoms with Gasteiger partial charge in [-0.15, -0.1) is 0 Å². The molecule has 0 bridgehead atoms. The van der Waals surface area contributed by atoms with Crippen molar-refractivity contribution >= 4 is 5.97 Å². The molecule has 3 nitrogen and oxygen atoms in total. The van der Waals surface area contributed by atoms with Gasteiger partial charge in [-0.05, 0) is 33.1 Å². The van der Waals surface area contributed by atoms with Gasteiger partial charge in [-0.2, -0.15) is 0 Å². The second-order valence-corrected chi connectivity index (χ2v) is 6.23. The lowest BCUT2D eigenvalue weighted by atomic mass is 9.81. The number of rotatable bonds is 0. The maximum absolute atomic E-state index is 11.6. The van der Waals surface area contributed by atoms with E-state index in [1.807, 2.05) is 6.92 Å². The third kappa shape index (κ3) is 1.57. The predicted molar refractivity (Wildman–Crippen MR) is 67.8 cm³/mol. The lowest BCUT2D eigenvalue weighted by molar-refractivity contribution is -0.139. The first-order valence-electron chi connectivity index (χ1n) is 6.71. The number of carbonyl (C=O) groups is 1. The van der Waals surface area contributed by atoms with Crippen molar-refractivity contribution in [2.75, 3.05) is 0 Å². The van der Waals surface area contributed by atoms with Crippen molar-refractivity contribution in [3.05, 3.63) is 23.3 Å². The molecule has 0 aromatic carbocycles. The largest absolute Gasteiger partial charge is 0.458 e. The summed E-state index contributed by atoms with van der Waals surface area (Å²) in [6.45, 7) is 7.90. The molecule has 1 N–H and O–H groups in total. The summed E-state index contributed by atoms with van der Waals surface area (Å²) < 4.78 is 5.41. The van der Waals surface area contributed by atoms with Gasteiger partial charge in [-0.1, -0.05) is 17.7 Å². The van der Waals surface area contributed by atoms with Crippen LogP contribution in [-0.2, 0) is 9.53 Å². The van der Waals surface area contributed by atoms with E-state index in [0.29, 0.717) is 5.57 Å². The second-order valence-electron chi connectivity index (χ2n) is 6.23. The molecule has 1 saturated carbocycles. The van der Waals surface area contributed by atoms with E-state index in [-0.39, 0.29) is 23.9 Å². The average Bonchev–Trinajstić information content (AvgIpc) is 2.65. The van der Waals surface area contributed by atoms with Crippen molar-refractivity contribution in [3.8, 4) is 0 Å². The van der Waals surface area contributed by atoms with E-state index in [0.717, 1.165) is 25.7 Å². The van der Waals surface area contributed by atoms with Crippen LogP contribution in [0.2, 0.25) is 0 Å². The lowest BCUT2D eigenvalue weighted by Crippen LogP contribution is -2.31. The lowest BCUT2D eigenvalue weighted by Gasteiger charge is -2.28. The van der Waals surface area contributed by atoms with E-state index >= 15 is 0 Å². The van der Waals surface area contributed by atoms with Crippen molar-refractivity contribution in [1.29, 1.82) is 0 Å². The Morgan fingerprint density at radius 3 is 2.94 bits per heavy atom. The van der Waals surface area contributed by atoms with E-state index in [4.69, 9.17) is 4.74 Å². The first-order valence-corrected chi connectivity index (χ1v) is 6.71. The quantitative estimate of drug-likeness (QED) is 0.406. The minimum absolute atomic E-state index is 0.0566. The molecule has 3 rings (SSSR count). The molecular formula is C15H20O3. The topological polar surface area (TPSA) is 46.5 Å². The summed E-state index contributed by atoms with van der Waals surface area (Å²) in [6.07, 6.45) is 3.34. The fourth-order valence-corrected chi connectivity index (χ4v) is 3.85. The maximum atomic E-state index is 11.6. The van der Waals surface area contributed by atoms with Gasteiger partial charge in [-0.3, -0.25) is 0 Å². The van der Waals surface area contributed by atoms with Crippen molar-refractivity contribution in [3.63, 3.8) is 0 Å². The predicted octanol–water partition coefficient (Wildman–Crippen LogP) is 2.36. The van der Waals surface area contributed by atoms with Crippen molar-refractivity contribution in [1.82, 2.24) is 0 Å². The molecule has 0 aromatic rings. The highest BCUT2D eigenvalue weighted by Gasteiger charge is 2.49. The van der Waals surface area contributed by atoms with Crippen LogP contribution < -0.4 is 0 Å². The normalized spacial score (nSPS) is 43.6. The summed E-state index contributed by atoms with van der Waals surface area (Å²) in [6, 6.07) is 0. The van der Waals surface area contributed by atoms with Crippen LogP contribution in [-0.4, -0.2) is 22.8 Å². The number of hydrogen-bond donors (Lipinski definition) is 1.